The molecule has 0 N–H and O–H groups in total. The molecule has 0 saturated heterocycles. The fourth-order valence-corrected chi connectivity index (χ4v) is 8.69. The monoisotopic (exact) mass is 355 g/mol. The molecule has 3 nitrogen and oxygen atoms in total. The second-order valence-electron chi connectivity index (χ2n) is 6.87. The van der Waals surface area contributed by atoms with Crippen molar-refractivity contribution in [2.24, 2.45) is 5.92 Å². The zero-order valence-corrected chi connectivity index (χ0v) is 18.7. The zero-order chi connectivity index (χ0) is 18.1. The van der Waals surface area contributed by atoms with Crippen LogP contribution in [0.1, 0.15) is 55.4 Å². The van der Waals surface area contributed by atoms with Gasteiger partial charge in [-0.15, -0.1) is 0 Å². The summed E-state index contributed by atoms with van der Waals surface area (Å²) in [6.45, 7) is 17.6. The fraction of sp³-hybridized carbons (Fsp3) is 0.941. The smallest absolute Gasteiger partial charge is 0.439 e. The Balaban J connectivity index is 5.52. The molecule has 2 atom stereocenters. The van der Waals surface area contributed by atoms with E-state index in [-0.39, 0.29) is 18.9 Å². The zero-order valence-electron chi connectivity index (χ0n) is 16.7. The van der Waals surface area contributed by atoms with Crippen molar-refractivity contribution >= 4 is 23.8 Å². The molecule has 0 aliphatic heterocycles. The van der Waals surface area contributed by atoms with Crippen molar-refractivity contribution in [1.29, 1.82) is 5.26 Å². The minimum Gasteiger partial charge on any atom is -0.453 e. The van der Waals surface area contributed by atoms with Gasteiger partial charge in [-0.05, 0) is 43.2 Å². The molecule has 134 valence electrons. The lowest BCUT2D eigenvalue weighted by atomic mass is 9.68. The van der Waals surface area contributed by atoms with Gasteiger partial charge in [0.1, 0.15) is 0 Å². The van der Waals surface area contributed by atoms with Gasteiger partial charge in [0.15, 0.2) is 16.6 Å². The highest BCUT2D eigenvalue weighted by molar-refractivity contribution is 6.84. The number of hydrogen-bond acceptors (Lipinski definition) is 3. The molecule has 0 spiro atoms. The first-order valence-corrected chi connectivity index (χ1v) is 14.6. The van der Waals surface area contributed by atoms with Gasteiger partial charge < -0.3 is 8.69 Å². The molecule has 0 aliphatic carbocycles. The Morgan fingerprint density at radius 1 is 0.783 bits per heavy atom. The number of hydrogen-bond donors (Lipinski definition) is 0. The van der Waals surface area contributed by atoms with Crippen LogP contribution in [0, 0.1) is 17.2 Å². The van der Waals surface area contributed by atoms with Crippen LogP contribution in [-0.2, 0) is 8.69 Å². The van der Waals surface area contributed by atoms with Gasteiger partial charge in [0.05, 0.1) is 6.07 Å². The highest BCUT2D eigenvalue weighted by Gasteiger charge is 2.43. The maximum Gasteiger partial charge on any atom is 0.439 e. The van der Waals surface area contributed by atoms with E-state index in [4.69, 9.17) is 8.69 Å². The highest BCUT2D eigenvalue weighted by atomic mass is 28.4. The third kappa shape index (κ3) is 6.04. The van der Waals surface area contributed by atoms with Crippen LogP contribution in [0.5, 0.6) is 0 Å². The SMILES string of the molecule is CC[Si](CC)(CC)OB(O[Si](CC)(CC)CC)C(C)C(C)C#N. The van der Waals surface area contributed by atoms with Gasteiger partial charge in [-0.1, -0.05) is 48.5 Å². The average molecular weight is 355 g/mol. The second-order valence-corrected chi connectivity index (χ2v) is 16.3. The summed E-state index contributed by atoms with van der Waals surface area (Å²) in [7, 11) is -3.71. The molecule has 0 bridgehead atoms. The van der Waals surface area contributed by atoms with Gasteiger partial charge in [-0.25, -0.2) is 0 Å². The van der Waals surface area contributed by atoms with E-state index in [1.165, 1.54) is 0 Å². The quantitative estimate of drug-likeness (QED) is 0.399. The molecular weight excluding hydrogens is 317 g/mol. The molecule has 0 aromatic heterocycles. The van der Waals surface area contributed by atoms with Gasteiger partial charge in [-0.3, -0.25) is 0 Å². The number of nitrogens with zero attached hydrogens (tertiary/aromatic N) is 1. The highest BCUT2D eigenvalue weighted by Crippen LogP contribution is 2.33. The van der Waals surface area contributed by atoms with Crippen molar-refractivity contribution in [3.8, 4) is 6.07 Å². The fourth-order valence-electron chi connectivity index (χ4n) is 3.08. The largest absolute Gasteiger partial charge is 0.453 e. The maximum absolute atomic E-state index is 9.36. The van der Waals surface area contributed by atoms with Crippen LogP contribution >= 0.6 is 0 Å². The van der Waals surface area contributed by atoms with E-state index in [0.717, 1.165) is 36.3 Å². The van der Waals surface area contributed by atoms with Gasteiger partial charge in [0.25, 0.3) is 0 Å². The Kier molecular flexibility index (Phi) is 10.7. The Hall–Kier alpha value is -0.0913. The van der Waals surface area contributed by atoms with E-state index < -0.39 is 16.6 Å². The van der Waals surface area contributed by atoms with E-state index in [1.807, 2.05) is 6.92 Å². The summed E-state index contributed by atoms with van der Waals surface area (Å²) in [6, 6.07) is 9.10. The lowest BCUT2D eigenvalue weighted by Gasteiger charge is -2.39. The van der Waals surface area contributed by atoms with Gasteiger partial charge >= 0.3 is 7.12 Å². The molecule has 0 aromatic carbocycles. The van der Waals surface area contributed by atoms with Crippen molar-refractivity contribution in [3.05, 3.63) is 0 Å². The first kappa shape index (κ1) is 22.9. The average Bonchev–Trinajstić information content (AvgIpc) is 2.61. The molecular formula is C17H38BNO2Si2. The number of nitriles is 1. The van der Waals surface area contributed by atoms with E-state index >= 15 is 0 Å². The van der Waals surface area contributed by atoms with E-state index in [9.17, 15) is 5.26 Å². The van der Waals surface area contributed by atoms with Gasteiger partial charge in [0.2, 0.25) is 0 Å². The Bertz CT molecular complexity index is 330. The third-order valence-electron chi connectivity index (χ3n) is 6.02. The molecule has 0 aromatic rings. The Labute approximate surface area is 147 Å². The first-order chi connectivity index (χ1) is 10.8. The third-order valence-corrected chi connectivity index (χ3v) is 15.2. The summed E-state index contributed by atoms with van der Waals surface area (Å²) in [6.07, 6.45) is 0. The summed E-state index contributed by atoms with van der Waals surface area (Å²) < 4.78 is 13.5. The van der Waals surface area contributed by atoms with Crippen LogP contribution in [0.4, 0.5) is 0 Å². The lowest BCUT2D eigenvalue weighted by molar-refractivity contribution is 0.372. The molecule has 0 rings (SSSR count). The van der Waals surface area contributed by atoms with E-state index in [0.29, 0.717) is 0 Å². The molecule has 0 radical (unpaired) electrons. The molecule has 0 aliphatic rings. The summed E-state index contributed by atoms with van der Waals surface area (Å²) in [5.41, 5.74) is 0. The van der Waals surface area contributed by atoms with Crippen LogP contribution < -0.4 is 0 Å². The minimum absolute atomic E-state index is 0.0467. The van der Waals surface area contributed by atoms with E-state index in [2.05, 4.69) is 54.5 Å². The summed E-state index contributed by atoms with van der Waals surface area (Å²) in [5.74, 6) is 0.0718. The van der Waals surface area contributed by atoms with Crippen molar-refractivity contribution in [3.63, 3.8) is 0 Å². The first-order valence-electron chi connectivity index (χ1n) is 9.58. The molecule has 23 heavy (non-hydrogen) atoms. The maximum atomic E-state index is 9.36. The Morgan fingerprint density at radius 2 is 1.09 bits per heavy atom. The minimum atomic E-state index is -1.75. The van der Waals surface area contributed by atoms with Crippen LogP contribution in [0.15, 0.2) is 0 Å². The molecule has 6 heteroatoms. The summed E-state index contributed by atoms with van der Waals surface area (Å²) in [4.78, 5) is 0. The molecule has 0 amide bonds. The second kappa shape index (κ2) is 10.7. The molecule has 2 unspecified atom stereocenters. The topological polar surface area (TPSA) is 42.2 Å². The number of rotatable bonds is 12. The lowest BCUT2D eigenvalue weighted by Crippen LogP contribution is -2.51. The normalized spacial score (nSPS) is 15.1. The molecule has 0 fully saturated rings. The predicted molar refractivity (Wildman–Crippen MR) is 107 cm³/mol. The predicted octanol–water partition coefficient (Wildman–Crippen LogP) is 6.07. The summed E-state index contributed by atoms with van der Waals surface area (Å²) in [5, 5.41) is 9.36. The standard InChI is InChI=1S/C17H38BNO2Si2/c1-9-22(10-2,11-3)20-18(17(8)16(7)15-19)21-23(12-4,13-5)14-6/h16-17H,9-14H2,1-8H3. The summed E-state index contributed by atoms with van der Waals surface area (Å²) >= 11 is 0. The van der Waals surface area contributed by atoms with Gasteiger partial charge in [0, 0.05) is 11.7 Å². The van der Waals surface area contributed by atoms with E-state index in [1.54, 1.807) is 0 Å². The van der Waals surface area contributed by atoms with Crippen LogP contribution in [-0.4, -0.2) is 23.8 Å². The molecule has 0 heterocycles. The van der Waals surface area contributed by atoms with Crippen LogP contribution in [0.25, 0.3) is 0 Å². The van der Waals surface area contributed by atoms with Crippen molar-refractivity contribution < 1.29 is 8.69 Å². The molecule has 0 saturated carbocycles. The van der Waals surface area contributed by atoms with Gasteiger partial charge in [-0.2, -0.15) is 5.26 Å². The van der Waals surface area contributed by atoms with Crippen LogP contribution in [0.2, 0.25) is 42.1 Å². The van der Waals surface area contributed by atoms with Crippen molar-refractivity contribution in [2.75, 3.05) is 0 Å². The van der Waals surface area contributed by atoms with Crippen LogP contribution in [0.3, 0.4) is 0 Å². The Morgan fingerprint density at radius 3 is 1.30 bits per heavy atom. The van der Waals surface area contributed by atoms with Crippen molar-refractivity contribution in [2.45, 2.75) is 97.5 Å². The van der Waals surface area contributed by atoms with Crippen molar-refractivity contribution in [1.82, 2.24) is 0 Å².